The van der Waals surface area contributed by atoms with Crippen molar-refractivity contribution in [2.45, 2.75) is 122 Å². The highest BCUT2D eigenvalue weighted by atomic mass is 28.2. The molecule has 0 atom stereocenters. The highest BCUT2D eigenvalue weighted by Crippen LogP contribution is 2.10. The van der Waals surface area contributed by atoms with E-state index in [2.05, 4.69) is 27.7 Å². The highest BCUT2D eigenvalue weighted by Gasteiger charge is 2.11. The summed E-state index contributed by atoms with van der Waals surface area (Å²) >= 11 is 0. The largest absolute Gasteiger partial charge is 0.353 e. The van der Waals surface area contributed by atoms with E-state index in [1.54, 1.807) is 0 Å². The number of hydrogen-bond acceptors (Lipinski definition) is 4. The number of ether oxygens (including phenoxy) is 4. The topological polar surface area (TPSA) is 36.9 Å². The summed E-state index contributed by atoms with van der Waals surface area (Å²) in [5.41, 5.74) is 0. The van der Waals surface area contributed by atoms with Crippen molar-refractivity contribution in [3.05, 3.63) is 0 Å². The van der Waals surface area contributed by atoms with E-state index in [0.717, 1.165) is 83.2 Å². The van der Waals surface area contributed by atoms with Gasteiger partial charge in [-0.05, 0) is 37.8 Å². The molecule has 0 aromatic rings. The Bertz CT molecular complexity index is 261. The first-order chi connectivity index (χ1) is 14.3. The molecule has 0 fully saturated rings. The highest BCUT2D eigenvalue weighted by molar-refractivity contribution is 6.37. The average molecular weight is 445 g/mol. The monoisotopic (exact) mass is 444 g/mol. The van der Waals surface area contributed by atoms with Crippen LogP contribution in [0.1, 0.15) is 85.5 Å². The molecule has 172 valence electrons. The van der Waals surface area contributed by atoms with Gasteiger partial charge in [0.25, 0.3) is 0 Å². The lowest BCUT2D eigenvalue weighted by Gasteiger charge is -2.19. The Labute approximate surface area is 186 Å². The smallest absolute Gasteiger partial charge is 0.154 e. The van der Waals surface area contributed by atoms with Gasteiger partial charge in [0.1, 0.15) is 0 Å². The van der Waals surface area contributed by atoms with Crippen LogP contribution in [0.3, 0.4) is 0 Å². The molecule has 0 unspecified atom stereocenters. The maximum absolute atomic E-state index is 5.94. The molecule has 0 saturated carbocycles. The van der Waals surface area contributed by atoms with Gasteiger partial charge < -0.3 is 18.9 Å². The van der Waals surface area contributed by atoms with Crippen molar-refractivity contribution in [3.8, 4) is 0 Å². The third-order valence-electron chi connectivity index (χ3n) is 4.54. The lowest BCUT2D eigenvalue weighted by Crippen LogP contribution is -2.21. The van der Waals surface area contributed by atoms with Gasteiger partial charge in [0.05, 0.1) is 0 Å². The molecule has 0 rings (SSSR count). The lowest BCUT2D eigenvalue weighted by atomic mass is 10.4. The molecule has 29 heavy (non-hydrogen) atoms. The van der Waals surface area contributed by atoms with Crippen molar-refractivity contribution in [2.75, 3.05) is 26.4 Å². The van der Waals surface area contributed by atoms with Crippen LogP contribution < -0.4 is 0 Å². The van der Waals surface area contributed by atoms with Crippen LogP contribution in [0.2, 0.25) is 24.2 Å². The molecule has 0 spiro atoms. The second kappa shape index (κ2) is 24.5. The van der Waals surface area contributed by atoms with E-state index in [0.29, 0.717) is 0 Å². The summed E-state index contributed by atoms with van der Waals surface area (Å²) in [6.45, 7) is 12.1. The third-order valence-corrected chi connectivity index (χ3v) is 7.19. The van der Waals surface area contributed by atoms with Crippen LogP contribution in [0.4, 0.5) is 0 Å². The predicted octanol–water partition coefficient (Wildman–Crippen LogP) is 6.38. The molecule has 0 aliphatic heterocycles. The Balaban J connectivity index is 3.85. The Morgan fingerprint density at radius 1 is 0.483 bits per heavy atom. The number of rotatable bonds is 24. The molecular formula is C23H48O4Si2. The summed E-state index contributed by atoms with van der Waals surface area (Å²) in [7, 11) is 1.87. The third kappa shape index (κ3) is 21.3. The van der Waals surface area contributed by atoms with Gasteiger partial charge in [-0.15, -0.1) is 0 Å². The molecule has 0 N–H and O–H groups in total. The quantitative estimate of drug-likeness (QED) is 0.0983. The molecule has 0 heterocycles. The summed E-state index contributed by atoms with van der Waals surface area (Å²) < 4.78 is 23.7. The standard InChI is InChI=1S/C23H48O4Si2/c1-5-9-14-24-22(25-15-10-6-2)20-28-18-13-19-29-21-23(26-16-11-7-3)27-17-12-8-4/h22-23H,5-21H2,1-4H3. The van der Waals surface area contributed by atoms with Crippen molar-refractivity contribution >= 4 is 19.0 Å². The Morgan fingerprint density at radius 3 is 1.07 bits per heavy atom. The predicted molar refractivity (Wildman–Crippen MR) is 126 cm³/mol. The van der Waals surface area contributed by atoms with Crippen LogP contribution in [0.15, 0.2) is 0 Å². The summed E-state index contributed by atoms with van der Waals surface area (Å²) in [6, 6.07) is 4.69. The zero-order valence-electron chi connectivity index (χ0n) is 19.8. The van der Waals surface area contributed by atoms with Gasteiger partial charge in [-0.2, -0.15) is 0 Å². The molecule has 0 bridgehead atoms. The first-order valence-electron chi connectivity index (χ1n) is 12.2. The zero-order valence-corrected chi connectivity index (χ0v) is 21.8. The molecule has 4 nitrogen and oxygen atoms in total. The SMILES string of the molecule is CCCCOC(C[Si]CCC[Si]CC(OCCCC)OCCCC)OCCCC. The van der Waals surface area contributed by atoms with Gasteiger partial charge in [-0.3, -0.25) is 0 Å². The first kappa shape index (κ1) is 29.3. The van der Waals surface area contributed by atoms with Crippen molar-refractivity contribution in [1.82, 2.24) is 0 Å². The molecular weight excluding hydrogens is 396 g/mol. The van der Waals surface area contributed by atoms with E-state index in [9.17, 15) is 0 Å². The van der Waals surface area contributed by atoms with E-state index < -0.39 is 0 Å². The van der Waals surface area contributed by atoms with Crippen LogP contribution in [0, 0.1) is 0 Å². The Hall–Kier alpha value is 0.274. The fraction of sp³-hybridized carbons (Fsp3) is 1.00. The van der Waals surface area contributed by atoms with Gasteiger partial charge in [0, 0.05) is 45.5 Å². The van der Waals surface area contributed by atoms with Crippen molar-refractivity contribution in [3.63, 3.8) is 0 Å². The van der Waals surface area contributed by atoms with E-state index in [1.165, 1.54) is 44.2 Å². The summed E-state index contributed by atoms with van der Waals surface area (Å²) in [5.74, 6) is 0. The molecule has 0 aliphatic rings. The van der Waals surface area contributed by atoms with E-state index in [4.69, 9.17) is 18.9 Å². The summed E-state index contributed by atoms with van der Waals surface area (Å²) in [4.78, 5) is 0. The molecule has 4 radical (unpaired) electrons. The lowest BCUT2D eigenvalue weighted by molar-refractivity contribution is -0.131. The van der Waals surface area contributed by atoms with Gasteiger partial charge in [-0.25, -0.2) is 0 Å². The number of hydrogen-bond donors (Lipinski definition) is 0. The first-order valence-corrected chi connectivity index (χ1v) is 15.0. The van der Waals surface area contributed by atoms with Crippen LogP contribution in [-0.4, -0.2) is 58.0 Å². The second-order valence-corrected chi connectivity index (χ2v) is 10.3. The van der Waals surface area contributed by atoms with E-state index in [-0.39, 0.29) is 12.6 Å². The second-order valence-electron chi connectivity index (χ2n) is 7.52. The van der Waals surface area contributed by atoms with Crippen LogP contribution in [-0.2, 0) is 18.9 Å². The summed E-state index contributed by atoms with van der Waals surface area (Å²) in [5, 5.41) is 0. The molecule has 0 aromatic carbocycles. The fourth-order valence-electron chi connectivity index (χ4n) is 2.55. The van der Waals surface area contributed by atoms with Gasteiger partial charge in [-0.1, -0.05) is 71.9 Å². The van der Waals surface area contributed by atoms with Gasteiger partial charge >= 0.3 is 0 Å². The van der Waals surface area contributed by atoms with Crippen molar-refractivity contribution < 1.29 is 18.9 Å². The molecule has 0 aliphatic carbocycles. The van der Waals surface area contributed by atoms with Crippen molar-refractivity contribution in [2.24, 2.45) is 0 Å². The number of unbranched alkanes of at least 4 members (excludes halogenated alkanes) is 4. The minimum absolute atomic E-state index is 0.0113. The average Bonchev–Trinajstić information content (AvgIpc) is 2.72. The molecule has 0 aromatic heterocycles. The van der Waals surface area contributed by atoms with Crippen LogP contribution >= 0.6 is 0 Å². The van der Waals surface area contributed by atoms with Gasteiger partial charge in [0.15, 0.2) is 12.6 Å². The maximum Gasteiger partial charge on any atom is 0.154 e. The minimum Gasteiger partial charge on any atom is -0.353 e. The van der Waals surface area contributed by atoms with Crippen LogP contribution in [0.25, 0.3) is 0 Å². The van der Waals surface area contributed by atoms with Crippen LogP contribution in [0.5, 0.6) is 0 Å². The molecule has 6 heteroatoms. The molecule has 0 saturated heterocycles. The normalized spacial score (nSPS) is 11.8. The zero-order chi connectivity index (χ0) is 21.4. The minimum atomic E-state index is 0.0113. The van der Waals surface area contributed by atoms with E-state index >= 15 is 0 Å². The molecule has 0 amide bonds. The van der Waals surface area contributed by atoms with Gasteiger partial charge in [0.2, 0.25) is 0 Å². The fourth-order valence-corrected chi connectivity index (χ4v) is 5.10. The Kier molecular flexibility index (Phi) is 24.8. The van der Waals surface area contributed by atoms with E-state index in [1.807, 2.05) is 0 Å². The van der Waals surface area contributed by atoms with Crippen molar-refractivity contribution in [1.29, 1.82) is 0 Å². The summed E-state index contributed by atoms with van der Waals surface area (Å²) in [6.07, 6.45) is 10.5. The maximum atomic E-state index is 5.94. The Morgan fingerprint density at radius 2 is 0.793 bits per heavy atom.